The summed E-state index contributed by atoms with van der Waals surface area (Å²) < 4.78 is 6.24. The first-order valence-electron chi connectivity index (χ1n) is 6.04. The molecule has 8 heteroatoms. The van der Waals surface area contributed by atoms with E-state index in [-0.39, 0.29) is 17.3 Å². The van der Waals surface area contributed by atoms with Gasteiger partial charge in [0.05, 0.1) is 7.11 Å². The van der Waals surface area contributed by atoms with Crippen LogP contribution in [0.25, 0.3) is 16.8 Å². The number of carbonyl (C=O) groups excluding carboxylic acids is 1. The number of carbonyl (C=O) groups is 1. The number of anilines is 2. The maximum atomic E-state index is 11.6. The van der Waals surface area contributed by atoms with Crippen LogP contribution in [0.2, 0.25) is 0 Å². The van der Waals surface area contributed by atoms with Crippen LogP contribution in [-0.4, -0.2) is 32.7 Å². The van der Waals surface area contributed by atoms with Crippen molar-refractivity contribution in [2.24, 2.45) is 0 Å². The third kappa shape index (κ3) is 2.22. The van der Waals surface area contributed by atoms with Crippen molar-refractivity contribution in [1.29, 1.82) is 0 Å². The third-order valence-electron chi connectivity index (χ3n) is 3.01. The zero-order valence-electron chi connectivity index (χ0n) is 11.1. The molecule has 0 unspecified atom stereocenters. The number of nitrogens with zero attached hydrogens (tertiary/aromatic N) is 4. The molecule has 0 spiro atoms. The van der Waals surface area contributed by atoms with Crippen LogP contribution in [0.1, 0.15) is 10.4 Å². The molecule has 0 radical (unpaired) electrons. The van der Waals surface area contributed by atoms with E-state index >= 15 is 0 Å². The molecular weight excluding hydrogens is 272 g/mol. The van der Waals surface area contributed by atoms with Crippen molar-refractivity contribution >= 4 is 23.4 Å². The molecule has 3 aromatic heterocycles. The quantitative estimate of drug-likeness (QED) is 0.665. The van der Waals surface area contributed by atoms with Gasteiger partial charge in [0.1, 0.15) is 11.4 Å². The summed E-state index contributed by atoms with van der Waals surface area (Å²) in [7, 11) is 1.29. The van der Waals surface area contributed by atoms with E-state index in [4.69, 9.17) is 11.5 Å². The van der Waals surface area contributed by atoms with Gasteiger partial charge in [0.15, 0.2) is 5.65 Å². The summed E-state index contributed by atoms with van der Waals surface area (Å²) in [5, 5.41) is 3.99. The zero-order valence-corrected chi connectivity index (χ0v) is 11.1. The van der Waals surface area contributed by atoms with Gasteiger partial charge in [0.25, 0.3) is 0 Å². The van der Waals surface area contributed by atoms with Gasteiger partial charge in [0, 0.05) is 18.0 Å². The van der Waals surface area contributed by atoms with E-state index in [9.17, 15) is 4.79 Å². The average molecular weight is 284 g/mol. The summed E-state index contributed by atoms with van der Waals surface area (Å²) in [6.45, 7) is 0. The Morgan fingerprint density at radius 2 is 2.10 bits per heavy atom. The highest BCUT2D eigenvalue weighted by atomic mass is 16.5. The highest BCUT2D eigenvalue weighted by Gasteiger charge is 2.13. The first-order chi connectivity index (χ1) is 10.1. The van der Waals surface area contributed by atoms with E-state index in [1.807, 2.05) is 6.07 Å². The lowest BCUT2D eigenvalue weighted by Gasteiger charge is -2.06. The Bertz CT molecular complexity index is 842. The minimum absolute atomic E-state index is 0.124. The van der Waals surface area contributed by atoms with Gasteiger partial charge in [-0.3, -0.25) is 0 Å². The molecule has 3 aromatic rings. The smallest absolute Gasteiger partial charge is 0.341 e. The monoisotopic (exact) mass is 284 g/mol. The van der Waals surface area contributed by atoms with Crippen LogP contribution in [0.3, 0.4) is 0 Å². The number of hydrogen-bond donors (Lipinski definition) is 2. The Kier molecular flexibility index (Phi) is 2.90. The van der Waals surface area contributed by atoms with Crippen molar-refractivity contribution in [2.45, 2.75) is 0 Å². The van der Waals surface area contributed by atoms with Crippen LogP contribution in [0.4, 0.5) is 11.8 Å². The van der Waals surface area contributed by atoms with Gasteiger partial charge in [-0.05, 0) is 23.8 Å². The van der Waals surface area contributed by atoms with Gasteiger partial charge in [-0.25, -0.2) is 14.3 Å². The highest BCUT2D eigenvalue weighted by Crippen LogP contribution is 2.23. The van der Waals surface area contributed by atoms with Crippen molar-refractivity contribution < 1.29 is 9.53 Å². The van der Waals surface area contributed by atoms with Crippen molar-refractivity contribution in [3.8, 4) is 11.1 Å². The molecule has 0 aromatic carbocycles. The van der Waals surface area contributed by atoms with Crippen molar-refractivity contribution in [3.63, 3.8) is 0 Å². The summed E-state index contributed by atoms with van der Waals surface area (Å²) in [6.07, 6.45) is 3.30. The van der Waals surface area contributed by atoms with Crippen LogP contribution < -0.4 is 11.5 Å². The van der Waals surface area contributed by atoms with Crippen molar-refractivity contribution in [3.05, 3.63) is 36.2 Å². The Morgan fingerprint density at radius 1 is 1.29 bits per heavy atom. The van der Waals surface area contributed by atoms with E-state index in [0.717, 1.165) is 5.56 Å². The maximum absolute atomic E-state index is 11.6. The molecule has 106 valence electrons. The zero-order chi connectivity index (χ0) is 15.0. The first kappa shape index (κ1) is 12.9. The van der Waals surface area contributed by atoms with Gasteiger partial charge in [-0.15, -0.1) is 5.10 Å². The molecule has 3 heterocycles. The summed E-state index contributed by atoms with van der Waals surface area (Å²) in [5.74, 6) is -0.217. The number of nitrogen functional groups attached to an aromatic ring is 2. The SMILES string of the molecule is COC(=O)c1cc(-c2ccn3nc(N)nc3c2)cnc1N. The van der Waals surface area contributed by atoms with Gasteiger partial charge >= 0.3 is 5.97 Å². The minimum atomic E-state index is -0.533. The number of rotatable bonds is 2. The number of nitrogens with two attached hydrogens (primary N) is 2. The fraction of sp³-hybridized carbons (Fsp3) is 0.0769. The topological polar surface area (TPSA) is 121 Å². The lowest BCUT2D eigenvalue weighted by Crippen LogP contribution is -2.07. The van der Waals surface area contributed by atoms with Gasteiger partial charge in [-0.1, -0.05) is 0 Å². The second-order valence-corrected chi connectivity index (χ2v) is 4.34. The van der Waals surface area contributed by atoms with Crippen LogP contribution in [0.5, 0.6) is 0 Å². The van der Waals surface area contributed by atoms with E-state index in [1.54, 1.807) is 29.0 Å². The van der Waals surface area contributed by atoms with Gasteiger partial charge in [-0.2, -0.15) is 4.98 Å². The Morgan fingerprint density at radius 3 is 2.86 bits per heavy atom. The summed E-state index contributed by atoms with van der Waals surface area (Å²) in [5.41, 5.74) is 13.6. The third-order valence-corrected chi connectivity index (χ3v) is 3.01. The Labute approximate surface area is 119 Å². The van der Waals surface area contributed by atoms with Crippen LogP contribution in [0, 0.1) is 0 Å². The molecule has 0 amide bonds. The van der Waals surface area contributed by atoms with Gasteiger partial charge in [0.2, 0.25) is 5.95 Å². The number of methoxy groups -OCH3 is 1. The number of esters is 1. The molecule has 8 nitrogen and oxygen atoms in total. The predicted molar refractivity (Wildman–Crippen MR) is 76.4 cm³/mol. The molecule has 4 N–H and O–H groups in total. The first-order valence-corrected chi connectivity index (χ1v) is 6.04. The van der Waals surface area contributed by atoms with Crippen molar-refractivity contribution in [2.75, 3.05) is 18.6 Å². The molecule has 0 saturated heterocycles. The standard InChI is InChI=1S/C13H12N6O2/c1-21-12(20)9-4-8(6-16-11(9)14)7-2-3-19-10(5-7)17-13(15)18-19/h2-6H,1H3,(H2,14,16)(H2,15,18). The largest absolute Gasteiger partial charge is 0.465 e. The Balaban J connectivity index is 2.11. The number of aromatic nitrogens is 4. The maximum Gasteiger partial charge on any atom is 0.341 e. The lowest BCUT2D eigenvalue weighted by molar-refractivity contribution is 0.0601. The number of hydrogen-bond acceptors (Lipinski definition) is 7. The molecule has 0 bridgehead atoms. The molecule has 0 aliphatic heterocycles. The summed E-state index contributed by atoms with van der Waals surface area (Å²) in [4.78, 5) is 19.8. The normalized spacial score (nSPS) is 10.7. The van der Waals surface area contributed by atoms with E-state index in [0.29, 0.717) is 11.2 Å². The fourth-order valence-corrected chi connectivity index (χ4v) is 1.98. The molecule has 0 atom stereocenters. The lowest BCUT2D eigenvalue weighted by atomic mass is 10.1. The molecular formula is C13H12N6O2. The van der Waals surface area contributed by atoms with E-state index in [1.165, 1.54) is 7.11 Å². The number of ether oxygens (including phenoxy) is 1. The number of pyridine rings is 2. The van der Waals surface area contributed by atoms with Crippen molar-refractivity contribution in [1.82, 2.24) is 19.6 Å². The minimum Gasteiger partial charge on any atom is -0.465 e. The molecule has 0 aliphatic rings. The van der Waals surface area contributed by atoms with Crippen LogP contribution in [-0.2, 0) is 4.74 Å². The second-order valence-electron chi connectivity index (χ2n) is 4.34. The van der Waals surface area contributed by atoms with Crippen LogP contribution >= 0.6 is 0 Å². The fourth-order valence-electron chi connectivity index (χ4n) is 1.98. The summed E-state index contributed by atoms with van der Waals surface area (Å²) >= 11 is 0. The molecule has 0 aliphatic carbocycles. The number of fused-ring (bicyclic) bond motifs is 1. The highest BCUT2D eigenvalue weighted by molar-refractivity contribution is 5.95. The Hall–Kier alpha value is -3.16. The molecule has 0 saturated carbocycles. The average Bonchev–Trinajstić information content (AvgIpc) is 2.86. The van der Waals surface area contributed by atoms with E-state index in [2.05, 4.69) is 19.8 Å². The molecule has 3 rings (SSSR count). The van der Waals surface area contributed by atoms with Crippen LogP contribution in [0.15, 0.2) is 30.6 Å². The second kappa shape index (κ2) is 4.75. The summed E-state index contributed by atoms with van der Waals surface area (Å²) in [6, 6.07) is 5.23. The predicted octanol–water partition coefficient (Wildman–Crippen LogP) is 0.742. The van der Waals surface area contributed by atoms with E-state index < -0.39 is 5.97 Å². The molecule has 21 heavy (non-hydrogen) atoms. The van der Waals surface area contributed by atoms with Gasteiger partial charge < -0.3 is 16.2 Å². The molecule has 0 fully saturated rings.